The molecule has 1 aliphatic heterocycles. The van der Waals surface area contributed by atoms with Gasteiger partial charge in [-0.3, -0.25) is 9.69 Å². The average molecular weight is 326 g/mol. The van der Waals surface area contributed by atoms with E-state index in [9.17, 15) is 4.79 Å². The number of nitrogens with zero attached hydrogens (tertiary/aromatic N) is 2. The Morgan fingerprint density at radius 3 is 2.50 bits per heavy atom. The van der Waals surface area contributed by atoms with Gasteiger partial charge >= 0.3 is 0 Å². The first-order chi connectivity index (χ1) is 11.7. The second-order valence-corrected chi connectivity index (χ2v) is 6.47. The van der Waals surface area contributed by atoms with Gasteiger partial charge in [0, 0.05) is 32.2 Å². The molecule has 128 valence electrons. The number of hydrogen-bond acceptors (Lipinski definition) is 3. The fourth-order valence-corrected chi connectivity index (χ4v) is 3.16. The van der Waals surface area contributed by atoms with Crippen LogP contribution >= 0.6 is 0 Å². The van der Waals surface area contributed by atoms with Gasteiger partial charge in [-0.05, 0) is 36.2 Å². The first-order valence-corrected chi connectivity index (χ1v) is 8.81. The summed E-state index contributed by atoms with van der Waals surface area (Å²) < 4.78 is 5.72. The van der Waals surface area contributed by atoms with Crippen molar-refractivity contribution in [1.82, 2.24) is 9.80 Å². The number of carbonyl (C=O) groups is 1. The third kappa shape index (κ3) is 3.88. The predicted octanol–water partition coefficient (Wildman–Crippen LogP) is 3.16. The highest BCUT2D eigenvalue weighted by Crippen LogP contribution is 2.20. The van der Waals surface area contributed by atoms with Crippen molar-refractivity contribution in [1.29, 1.82) is 0 Å². The lowest BCUT2D eigenvalue weighted by Crippen LogP contribution is -2.52. The number of piperazine rings is 1. The minimum absolute atomic E-state index is 0.0759. The number of amides is 1. The van der Waals surface area contributed by atoms with E-state index in [1.54, 1.807) is 0 Å². The Morgan fingerprint density at radius 1 is 1.08 bits per heavy atom. The van der Waals surface area contributed by atoms with Gasteiger partial charge in [-0.2, -0.15) is 0 Å². The summed E-state index contributed by atoms with van der Waals surface area (Å²) in [5, 5.41) is 2.31. The second kappa shape index (κ2) is 7.67. The highest BCUT2D eigenvalue weighted by atomic mass is 16.5. The van der Waals surface area contributed by atoms with E-state index in [0.717, 1.165) is 43.7 Å². The van der Waals surface area contributed by atoms with E-state index >= 15 is 0 Å². The van der Waals surface area contributed by atoms with Gasteiger partial charge in [-0.15, -0.1) is 0 Å². The summed E-state index contributed by atoms with van der Waals surface area (Å²) in [6.07, 6.45) is 1.15. The standard InChI is InChI=1S/C20H26N2O2/c1-3-16(2)21-10-12-22(13-11-21)20(23)15-24-19-9-8-17-6-4-5-7-18(17)14-19/h4-9,14,16H,3,10-13,15H2,1-2H3. The van der Waals surface area contributed by atoms with E-state index in [0.29, 0.717) is 6.04 Å². The van der Waals surface area contributed by atoms with E-state index in [1.165, 1.54) is 5.39 Å². The first-order valence-electron chi connectivity index (χ1n) is 8.81. The lowest BCUT2D eigenvalue weighted by atomic mass is 10.1. The maximum absolute atomic E-state index is 12.4. The summed E-state index contributed by atoms with van der Waals surface area (Å²) in [6, 6.07) is 14.7. The fraction of sp³-hybridized carbons (Fsp3) is 0.450. The van der Waals surface area contributed by atoms with Gasteiger partial charge in [0.25, 0.3) is 5.91 Å². The zero-order valence-corrected chi connectivity index (χ0v) is 14.6. The number of carbonyl (C=O) groups excluding carboxylic acids is 1. The van der Waals surface area contributed by atoms with Crippen molar-refractivity contribution in [3.05, 3.63) is 42.5 Å². The normalized spacial score (nSPS) is 17.0. The molecule has 1 amide bonds. The van der Waals surface area contributed by atoms with E-state index in [-0.39, 0.29) is 12.5 Å². The molecule has 0 bridgehead atoms. The maximum Gasteiger partial charge on any atom is 0.260 e. The first kappa shape index (κ1) is 16.8. The quantitative estimate of drug-likeness (QED) is 0.846. The van der Waals surface area contributed by atoms with Crippen molar-refractivity contribution < 1.29 is 9.53 Å². The van der Waals surface area contributed by atoms with Crippen molar-refractivity contribution in [3.63, 3.8) is 0 Å². The molecule has 2 aromatic rings. The third-order valence-electron chi connectivity index (χ3n) is 4.96. The highest BCUT2D eigenvalue weighted by molar-refractivity contribution is 5.84. The molecule has 1 atom stereocenters. The summed E-state index contributed by atoms with van der Waals surface area (Å²) in [5.41, 5.74) is 0. The number of benzene rings is 2. The molecule has 0 aromatic heterocycles. The second-order valence-electron chi connectivity index (χ2n) is 6.47. The van der Waals surface area contributed by atoms with Crippen LogP contribution in [0.1, 0.15) is 20.3 Å². The largest absolute Gasteiger partial charge is 0.484 e. The lowest BCUT2D eigenvalue weighted by Gasteiger charge is -2.37. The van der Waals surface area contributed by atoms with Crippen LogP contribution in [0.2, 0.25) is 0 Å². The smallest absolute Gasteiger partial charge is 0.260 e. The Balaban J connectivity index is 1.52. The fourth-order valence-electron chi connectivity index (χ4n) is 3.16. The molecule has 24 heavy (non-hydrogen) atoms. The van der Waals surface area contributed by atoms with Gasteiger partial charge in [0.05, 0.1) is 0 Å². The van der Waals surface area contributed by atoms with Crippen LogP contribution in [-0.4, -0.2) is 54.5 Å². The van der Waals surface area contributed by atoms with Gasteiger partial charge in [0.1, 0.15) is 5.75 Å². The summed E-state index contributed by atoms with van der Waals surface area (Å²) in [4.78, 5) is 16.7. The third-order valence-corrected chi connectivity index (χ3v) is 4.96. The van der Waals surface area contributed by atoms with Gasteiger partial charge in [0.15, 0.2) is 6.61 Å². The molecule has 0 N–H and O–H groups in total. The minimum atomic E-state index is 0.0759. The molecule has 1 fully saturated rings. The van der Waals surface area contributed by atoms with Gasteiger partial charge in [-0.1, -0.05) is 37.3 Å². The highest BCUT2D eigenvalue weighted by Gasteiger charge is 2.23. The zero-order chi connectivity index (χ0) is 16.9. The summed E-state index contributed by atoms with van der Waals surface area (Å²) in [6.45, 7) is 8.07. The zero-order valence-electron chi connectivity index (χ0n) is 14.6. The van der Waals surface area contributed by atoms with Crippen LogP contribution in [0, 0.1) is 0 Å². The Kier molecular flexibility index (Phi) is 5.36. The summed E-state index contributed by atoms with van der Waals surface area (Å²) >= 11 is 0. The average Bonchev–Trinajstić information content (AvgIpc) is 2.65. The monoisotopic (exact) mass is 326 g/mol. The number of ether oxygens (including phenoxy) is 1. The molecule has 1 unspecified atom stereocenters. The molecule has 1 saturated heterocycles. The van der Waals surface area contributed by atoms with Gasteiger partial charge in [0.2, 0.25) is 0 Å². The SMILES string of the molecule is CCC(C)N1CCN(C(=O)COc2ccc3ccccc3c2)CC1. The molecule has 2 aromatic carbocycles. The molecular formula is C20H26N2O2. The van der Waals surface area contributed by atoms with Crippen LogP contribution in [0.3, 0.4) is 0 Å². The van der Waals surface area contributed by atoms with Crippen LogP contribution in [0.15, 0.2) is 42.5 Å². The Hall–Kier alpha value is -2.07. The molecule has 0 aliphatic carbocycles. The molecule has 1 aliphatic rings. The molecule has 4 heteroatoms. The van der Waals surface area contributed by atoms with Crippen molar-refractivity contribution in [2.24, 2.45) is 0 Å². The summed E-state index contributed by atoms with van der Waals surface area (Å²) in [5.74, 6) is 0.826. The molecule has 4 nitrogen and oxygen atoms in total. The summed E-state index contributed by atoms with van der Waals surface area (Å²) in [7, 11) is 0. The molecular weight excluding hydrogens is 300 g/mol. The Labute approximate surface area is 144 Å². The number of fused-ring (bicyclic) bond motifs is 1. The van der Waals surface area contributed by atoms with Crippen LogP contribution in [0.4, 0.5) is 0 Å². The van der Waals surface area contributed by atoms with Gasteiger partial charge < -0.3 is 9.64 Å². The predicted molar refractivity (Wildman–Crippen MR) is 97.3 cm³/mol. The van der Waals surface area contributed by atoms with E-state index in [1.807, 2.05) is 35.2 Å². The molecule has 0 saturated carbocycles. The van der Waals surface area contributed by atoms with E-state index in [4.69, 9.17) is 4.74 Å². The van der Waals surface area contributed by atoms with Crippen LogP contribution in [-0.2, 0) is 4.79 Å². The van der Waals surface area contributed by atoms with E-state index in [2.05, 4.69) is 30.9 Å². The van der Waals surface area contributed by atoms with Crippen molar-refractivity contribution in [3.8, 4) is 5.75 Å². The van der Waals surface area contributed by atoms with Crippen LogP contribution in [0.5, 0.6) is 5.75 Å². The molecule has 0 radical (unpaired) electrons. The van der Waals surface area contributed by atoms with Gasteiger partial charge in [-0.25, -0.2) is 0 Å². The molecule has 0 spiro atoms. The van der Waals surface area contributed by atoms with Crippen LogP contribution < -0.4 is 4.74 Å². The van der Waals surface area contributed by atoms with Crippen molar-refractivity contribution in [2.75, 3.05) is 32.8 Å². The van der Waals surface area contributed by atoms with Crippen molar-refractivity contribution in [2.45, 2.75) is 26.3 Å². The maximum atomic E-state index is 12.4. The molecule has 3 rings (SSSR count). The number of hydrogen-bond donors (Lipinski definition) is 0. The topological polar surface area (TPSA) is 32.8 Å². The van der Waals surface area contributed by atoms with Crippen molar-refractivity contribution >= 4 is 16.7 Å². The van der Waals surface area contributed by atoms with E-state index < -0.39 is 0 Å². The Bertz CT molecular complexity index is 693. The minimum Gasteiger partial charge on any atom is -0.484 e. The van der Waals surface area contributed by atoms with Crippen LogP contribution in [0.25, 0.3) is 10.8 Å². The lowest BCUT2D eigenvalue weighted by molar-refractivity contribution is -0.135. The number of rotatable bonds is 5. The molecule has 1 heterocycles. The Morgan fingerprint density at radius 2 is 1.79 bits per heavy atom.